The fourth-order valence-electron chi connectivity index (χ4n) is 2.27. The Labute approximate surface area is 91.0 Å². The highest BCUT2D eigenvalue weighted by molar-refractivity contribution is 5.81. The van der Waals surface area contributed by atoms with Crippen molar-refractivity contribution in [3.05, 3.63) is 0 Å². The first-order chi connectivity index (χ1) is 7.20. The van der Waals surface area contributed by atoms with Crippen LogP contribution in [0.1, 0.15) is 38.5 Å². The monoisotopic (exact) mass is 211 g/mol. The molecule has 4 heteroatoms. The lowest BCUT2D eigenvalue weighted by Crippen LogP contribution is -2.57. The summed E-state index contributed by atoms with van der Waals surface area (Å²) in [5.41, 5.74) is 5.94. The number of rotatable bonds is 3. The summed E-state index contributed by atoms with van der Waals surface area (Å²) in [6, 6.07) is 0.0161. The lowest BCUT2D eigenvalue weighted by atomic mass is 9.78. The molecular formula is C11H21N3O. The Morgan fingerprint density at radius 3 is 2.73 bits per heavy atom. The van der Waals surface area contributed by atoms with Crippen LogP contribution in [0.15, 0.2) is 0 Å². The van der Waals surface area contributed by atoms with Crippen LogP contribution in [-0.2, 0) is 4.79 Å². The maximum absolute atomic E-state index is 11.8. The second-order valence-electron chi connectivity index (χ2n) is 4.94. The van der Waals surface area contributed by atoms with Gasteiger partial charge in [0.25, 0.3) is 0 Å². The molecule has 1 amide bonds. The molecule has 1 atom stereocenters. The van der Waals surface area contributed by atoms with Gasteiger partial charge < -0.3 is 16.4 Å². The van der Waals surface area contributed by atoms with Gasteiger partial charge in [0.2, 0.25) is 5.91 Å². The van der Waals surface area contributed by atoms with Crippen LogP contribution in [0, 0.1) is 0 Å². The molecule has 1 saturated carbocycles. The summed E-state index contributed by atoms with van der Waals surface area (Å²) in [6.07, 6.45) is 6.59. The predicted molar refractivity (Wildman–Crippen MR) is 59.4 cm³/mol. The Balaban J connectivity index is 1.71. The molecule has 0 aromatic rings. The number of carbonyl (C=O) groups is 1. The second-order valence-corrected chi connectivity index (χ2v) is 4.94. The Morgan fingerprint density at radius 1 is 1.40 bits per heavy atom. The van der Waals surface area contributed by atoms with Crippen molar-refractivity contribution >= 4 is 5.91 Å². The lowest BCUT2D eigenvalue weighted by molar-refractivity contribution is -0.124. The molecule has 2 rings (SSSR count). The van der Waals surface area contributed by atoms with Crippen LogP contribution in [0.2, 0.25) is 0 Å². The number of piperidine rings is 1. The van der Waals surface area contributed by atoms with Crippen LogP contribution in [0.25, 0.3) is 0 Å². The fourth-order valence-corrected chi connectivity index (χ4v) is 2.27. The van der Waals surface area contributed by atoms with Gasteiger partial charge in [0.05, 0.1) is 6.04 Å². The minimum atomic E-state index is -0.107. The molecule has 4 N–H and O–H groups in total. The maximum atomic E-state index is 11.8. The number of amides is 1. The first kappa shape index (κ1) is 10.9. The maximum Gasteiger partial charge on any atom is 0.237 e. The molecule has 4 nitrogen and oxygen atoms in total. The van der Waals surface area contributed by atoms with Crippen molar-refractivity contribution in [2.24, 2.45) is 5.73 Å². The first-order valence-electron chi connectivity index (χ1n) is 6.00. The van der Waals surface area contributed by atoms with Crippen molar-refractivity contribution < 1.29 is 4.79 Å². The summed E-state index contributed by atoms with van der Waals surface area (Å²) in [4.78, 5) is 11.8. The first-order valence-corrected chi connectivity index (χ1v) is 6.00. The van der Waals surface area contributed by atoms with Gasteiger partial charge in [-0.2, -0.15) is 0 Å². The zero-order chi connectivity index (χ0) is 10.7. The van der Waals surface area contributed by atoms with E-state index in [1.54, 1.807) is 0 Å². The van der Waals surface area contributed by atoms with E-state index in [-0.39, 0.29) is 17.5 Å². The van der Waals surface area contributed by atoms with Crippen molar-refractivity contribution in [2.75, 3.05) is 13.1 Å². The molecule has 86 valence electrons. The molecular weight excluding hydrogens is 190 g/mol. The van der Waals surface area contributed by atoms with Crippen LogP contribution in [0.4, 0.5) is 0 Å². The van der Waals surface area contributed by atoms with E-state index >= 15 is 0 Å². The molecule has 0 aromatic carbocycles. The van der Waals surface area contributed by atoms with E-state index in [4.69, 9.17) is 5.73 Å². The molecule has 0 bridgehead atoms. The molecule has 0 unspecified atom stereocenters. The quantitative estimate of drug-likeness (QED) is 0.621. The molecule has 2 aliphatic rings. The van der Waals surface area contributed by atoms with Crippen LogP contribution < -0.4 is 16.4 Å². The highest BCUT2D eigenvalue weighted by Crippen LogP contribution is 2.28. The summed E-state index contributed by atoms with van der Waals surface area (Å²) in [6.45, 7) is 1.61. The smallest absolute Gasteiger partial charge is 0.237 e. The lowest BCUT2D eigenvalue weighted by Gasteiger charge is -2.38. The van der Waals surface area contributed by atoms with E-state index in [1.165, 1.54) is 12.8 Å². The van der Waals surface area contributed by atoms with E-state index in [1.807, 2.05) is 0 Å². The highest BCUT2D eigenvalue weighted by atomic mass is 16.2. The molecule has 0 aromatic heterocycles. The largest absolute Gasteiger partial charge is 0.353 e. The van der Waals surface area contributed by atoms with Crippen molar-refractivity contribution in [3.63, 3.8) is 0 Å². The van der Waals surface area contributed by atoms with Crippen molar-refractivity contribution in [2.45, 2.75) is 50.1 Å². The average Bonchev–Trinajstić information content (AvgIpc) is 2.24. The summed E-state index contributed by atoms with van der Waals surface area (Å²) in [7, 11) is 0. The Kier molecular flexibility index (Phi) is 3.26. The molecule has 1 heterocycles. The van der Waals surface area contributed by atoms with Crippen LogP contribution in [0.5, 0.6) is 0 Å². The van der Waals surface area contributed by atoms with Crippen molar-refractivity contribution in [1.82, 2.24) is 10.6 Å². The third kappa shape index (κ3) is 2.69. The van der Waals surface area contributed by atoms with Gasteiger partial charge in [-0.05, 0) is 38.6 Å². The fraction of sp³-hybridized carbons (Fsp3) is 0.909. The van der Waals surface area contributed by atoms with E-state index in [0.717, 1.165) is 32.2 Å². The van der Waals surface area contributed by atoms with E-state index in [0.29, 0.717) is 6.54 Å². The zero-order valence-electron chi connectivity index (χ0n) is 9.22. The van der Waals surface area contributed by atoms with Crippen LogP contribution >= 0.6 is 0 Å². The van der Waals surface area contributed by atoms with Gasteiger partial charge in [-0.1, -0.05) is 6.42 Å². The average molecular weight is 211 g/mol. The standard InChI is InChI=1S/C11H21N3O/c12-11(5-3-6-11)8-14-10(15)9-4-1-2-7-13-9/h9,13H,1-8,12H2,(H,14,15)/t9-/m1/s1. The topological polar surface area (TPSA) is 67.1 Å². The molecule has 1 saturated heterocycles. The summed E-state index contributed by atoms with van der Waals surface area (Å²) < 4.78 is 0. The van der Waals surface area contributed by atoms with Gasteiger partial charge in [0, 0.05) is 12.1 Å². The summed E-state index contributed by atoms with van der Waals surface area (Å²) in [5.74, 6) is 0.131. The van der Waals surface area contributed by atoms with Crippen LogP contribution in [0.3, 0.4) is 0 Å². The van der Waals surface area contributed by atoms with E-state index < -0.39 is 0 Å². The Hall–Kier alpha value is -0.610. The Morgan fingerprint density at radius 2 is 2.20 bits per heavy atom. The SMILES string of the molecule is NC1(CNC(=O)[C@H]2CCCCN2)CCC1. The summed E-state index contributed by atoms with van der Waals surface area (Å²) >= 11 is 0. The van der Waals surface area contributed by atoms with Gasteiger partial charge in [-0.25, -0.2) is 0 Å². The molecule has 0 radical (unpaired) electrons. The Bertz CT molecular complexity index is 232. The molecule has 1 aliphatic heterocycles. The number of hydrogen-bond donors (Lipinski definition) is 3. The van der Waals surface area contributed by atoms with Crippen molar-refractivity contribution in [3.8, 4) is 0 Å². The minimum absolute atomic E-state index is 0.0161. The number of nitrogens with two attached hydrogens (primary N) is 1. The van der Waals surface area contributed by atoms with Gasteiger partial charge in [-0.3, -0.25) is 4.79 Å². The highest BCUT2D eigenvalue weighted by Gasteiger charge is 2.33. The number of carbonyl (C=O) groups excluding carboxylic acids is 1. The third-order valence-electron chi connectivity index (χ3n) is 3.59. The normalized spacial score (nSPS) is 29.3. The molecule has 2 fully saturated rings. The van der Waals surface area contributed by atoms with Gasteiger partial charge in [-0.15, -0.1) is 0 Å². The van der Waals surface area contributed by atoms with E-state index in [9.17, 15) is 4.79 Å². The molecule has 15 heavy (non-hydrogen) atoms. The minimum Gasteiger partial charge on any atom is -0.353 e. The molecule has 1 aliphatic carbocycles. The number of nitrogens with one attached hydrogen (secondary N) is 2. The predicted octanol–water partition coefficient (Wildman–Crippen LogP) is 0.126. The zero-order valence-corrected chi connectivity index (χ0v) is 9.22. The van der Waals surface area contributed by atoms with E-state index in [2.05, 4.69) is 10.6 Å². The second kappa shape index (κ2) is 4.49. The van der Waals surface area contributed by atoms with Gasteiger partial charge in [0.15, 0.2) is 0 Å². The number of hydrogen-bond acceptors (Lipinski definition) is 3. The van der Waals surface area contributed by atoms with Gasteiger partial charge >= 0.3 is 0 Å². The third-order valence-corrected chi connectivity index (χ3v) is 3.59. The van der Waals surface area contributed by atoms with Gasteiger partial charge in [0.1, 0.15) is 0 Å². The van der Waals surface area contributed by atoms with Crippen molar-refractivity contribution in [1.29, 1.82) is 0 Å². The molecule has 0 spiro atoms. The summed E-state index contributed by atoms with van der Waals surface area (Å²) in [5, 5.41) is 6.21. The van der Waals surface area contributed by atoms with Crippen LogP contribution in [-0.4, -0.2) is 30.6 Å².